The number of ether oxygens (including phenoxy) is 1. The average Bonchev–Trinajstić information content (AvgIpc) is 2.29. The molecule has 0 aromatic carbocycles. The van der Waals surface area contributed by atoms with Crippen molar-refractivity contribution < 1.29 is 4.74 Å². The SMILES string of the molecule is COCCN(CC(C)C)c1nc(N)c(Cl)cc1Cl. The van der Waals surface area contributed by atoms with E-state index in [0.29, 0.717) is 40.8 Å². The third-order valence-electron chi connectivity index (χ3n) is 2.39. The van der Waals surface area contributed by atoms with Crippen molar-refractivity contribution in [2.75, 3.05) is 37.4 Å². The summed E-state index contributed by atoms with van der Waals surface area (Å²) in [7, 11) is 1.67. The number of pyridine rings is 1. The Morgan fingerprint density at radius 2 is 2.06 bits per heavy atom. The number of hydrogen-bond donors (Lipinski definition) is 1. The summed E-state index contributed by atoms with van der Waals surface area (Å²) in [6, 6.07) is 1.63. The van der Waals surface area contributed by atoms with Gasteiger partial charge in [-0.1, -0.05) is 37.0 Å². The Hall–Kier alpha value is -0.710. The van der Waals surface area contributed by atoms with Crippen LogP contribution in [0.3, 0.4) is 0 Å². The molecule has 0 spiro atoms. The molecule has 0 aliphatic carbocycles. The van der Waals surface area contributed by atoms with E-state index in [1.807, 2.05) is 0 Å². The van der Waals surface area contributed by atoms with E-state index in [1.165, 1.54) is 0 Å². The zero-order valence-corrected chi connectivity index (χ0v) is 12.4. The Morgan fingerprint density at radius 1 is 1.39 bits per heavy atom. The van der Waals surface area contributed by atoms with Crippen LogP contribution in [0.15, 0.2) is 6.07 Å². The van der Waals surface area contributed by atoms with Crippen LogP contribution < -0.4 is 10.6 Å². The molecule has 0 unspecified atom stereocenters. The monoisotopic (exact) mass is 291 g/mol. The topological polar surface area (TPSA) is 51.4 Å². The van der Waals surface area contributed by atoms with Crippen molar-refractivity contribution in [3.05, 3.63) is 16.1 Å². The summed E-state index contributed by atoms with van der Waals surface area (Å²) in [5.41, 5.74) is 5.73. The van der Waals surface area contributed by atoms with E-state index in [4.69, 9.17) is 33.7 Å². The normalized spacial score (nSPS) is 11.0. The molecule has 1 aromatic heterocycles. The molecule has 1 heterocycles. The fourth-order valence-electron chi connectivity index (χ4n) is 1.62. The van der Waals surface area contributed by atoms with Gasteiger partial charge in [0.2, 0.25) is 0 Å². The van der Waals surface area contributed by atoms with E-state index in [0.717, 1.165) is 6.54 Å². The summed E-state index contributed by atoms with van der Waals surface area (Å²) in [5.74, 6) is 1.43. The van der Waals surface area contributed by atoms with Crippen LogP contribution in [0.1, 0.15) is 13.8 Å². The fraction of sp³-hybridized carbons (Fsp3) is 0.583. The van der Waals surface area contributed by atoms with Crippen molar-refractivity contribution in [2.45, 2.75) is 13.8 Å². The number of aromatic nitrogens is 1. The lowest BCUT2D eigenvalue weighted by Gasteiger charge is -2.26. The van der Waals surface area contributed by atoms with Gasteiger partial charge in [-0.2, -0.15) is 0 Å². The van der Waals surface area contributed by atoms with Gasteiger partial charge in [0.15, 0.2) is 0 Å². The molecule has 0 saturated carbocycles. The minimum Gasteiger partial charge on any atom is -0.383 e. The van der Waals surface area contributed by atoms with Crippen molar-refractivity contribution in [1.82, 2.24) is 4.98 Å². The highest BCUT2D eigenvalue weighted by Crippen LogP contribution is 2.30. The summed E-state index contributed by atoms with van der Waals surface area (Å²) in [5, 5.41) is 0.881. The molecule has 0 amide bonds. The van der Waals surface area contributed by atoms with Crippen LogP contribution in [0, 0.1) is 5.92 Å². The smallest absolute Gasteiger partial charge is 0.150 e. The fourth-order valence-corrected chi connectivity index (χ4v) is 2.10. The highest BCUT2D eigenvalue weighted by molar-refractivity contribution is 6.37. The van der Waals surface area contributed by atoms with Crippen molar-refractivity contribution in [3.8, 4) is 0 Å². The van der Waals surface area contributed by atoms with Crippen molar-refractivity contribution in [1.29, 1.82) is 0 Å². The highest BCUT2D eigenvalue weighted by Gasteiger charge is 2.15. The first-order valence-corrected chi connectivity index (χ1v) is 6.56. The lowest BCUT2D eigenvalue weighted by molar-refractivity contribution is 0.204. The van der Waals surface area contributed by atoms with Gasteiger partial charge in [-0.3, -0.25) is 0 Å². The van der Waals surface area contributed by atoms with Gasteiger partial charge in [-0.15, -0.1) is 0 Å². The van der Waals surface area contributed by atoms with E-state index in [-0.39, 0.29) is 0 Å². The molecule has 18 heavy (non-hydrogen) atoms. The molecule has 1 aromatic rings. The van der Waals surface area contributed by atoms with E-state index in [9.17, 15) is 0 Å². The van der Waals surface area contributed by atoms with Crippen LogP contribution in [0.25, 0.3) is 0 Å². The van der Waals surface area contributed by atoms with E-state index in [1.54, 1.807) is 13.2 Å². The summed E-state index contributed by atoms with van der Waals surface area (Å²) in [6.07, 6.45) is 0. The Kier molecular flexibility index (Phi) is 5.99. The Labute approximate surface area is 118 Å². The third-order valence-corrected chi connectivity index (χ3v) is 2.97. The van der Waals surface area contributed by atoms with Gasteiger partial charge in [-0.05, 0) is 12.0 Å². The number of nitrogens with two attached hydrogens (primary N) is 1. The first-order valence-electron chi connectivity index (χ1n) is 5.81. The standard InChI is InChI=1S/C12H19Cl2N3O/c1-8(2)7-17(4-5-18-3)12-10(14)6-9(13)11(15)16-12/h6,8H,4-5,7H2,1-3H3,(H2,15,16). The molecule has 0 aliphatic heterocycles. The Morgan fingerprint density at radius 3 is 2.61 bits per heavy atom. The number of nitrogens with zero attached hydrogens (tertiary/aromatic N) is 2. The molecule has 4 nitrogen and oxygen atoms in total. The molecule has 0 bridgehead atoms. The predicted molar refractivity (Wildman–Crippen MR) is 77.6 cm³/mol. The van der Waals surface area contributed by atoms with Gasteiger partial charge < -0.3 is 15.4 Å². The number of hydrogen-bond acceptors (Lipinski definition) is 4. The molecule has 2 N–H and O–H groups in total. The summed E-state index contributed by atoms with van der Waals surface area (Å²) in [6.45, 7) is 6.41. The Bertz CT molecular complexity index is 399. The second-order valence-corrected chi connectivity index (χ2v) is 5.31. The lowest BCUT2D eigenvalue weighted by Crippen LogP contribution is -2.32. The summed E-state index contributed by atoms with van der Waals surface area (Å²) < 4.78 is 5.10. The molecule has 6 heteroatoms. The highest BCUT2D eigenvalue weighted by atomic mass is 35.5. The minimum absolute atomic E-state index is 0.294. The molecule has 0 radical (unpaired) electrons. The molecule has 0 aliphatic rings. The molecular weight excluding hydrogens is 273 g/mol. The quantitative estimate of drug-likeness (QED) is 0.875. The van der Waals surface area contributed by atoms with Gasteiger partial charge in [0, 0.05) is 20.2 Å². The zero-order valence-electron chi connectivity index (χ0n) is 10.9. The molecule has 0 saturated heterocycles. The second-order valence-electron chi connectivity index (χ2n) is 4.49. The van der Waals surface area contributed by atoms with Crippen molar-refractivity contribution >= 4 is 34.8 Å². The number of methoxy groups -OCH3 is 1. The van der Waals surface area contributed by atoms with Gasteiger partial charge in [0.25, 0.3) is 0 Å². The number of rotatable bonds is 6. The van der Waals surface area contributed by atoms with Crippen LogP contribution in [-0.2, 0) is 4.74 Å². The first-order chi connectivity index (χ1) is 8.45. The molecule has 102 valence electrons. The Balaban J connectivity index is 2.99. The second kappa shape index (κ2) is 7.02. The van der Waals surface area contributed by atoms with E-state index < -0.39 is 0 Å². The molecule has 0 atom stereocenters. The zero-order chi connectivity index (χ0) is 13.7. The first kappa shape index (κ1) is 15.3. The van der Waals surface area contributed by atoms with E-state index in [2.05, 4.69) is 23.7 Å². The summed E-state index contributed by atoms with van der Waals surface area (Å²) >= 11 is 12.1. The van der Waals surface area contributed by atoms with Gasteiger partial charge >= 0.3 is 0 Å². The van der Waals surface area contributed by atoms with Crippen LogP contribution >= 0.6 is 23.2 Å². The maximum Gasteiger partial charge on any atom is 0.150 e. The predicted octanol–water partition coefficient (Wildman–Crippen LogP) is 3.08. The maximum atomic E-state index is 6.17. The largest absolute Gasteiger partial charge is 0.383 e. The van der Waals surface area contributed by atoms with Crippen molar-refractivity contribution in [3.63, 3.8) is 0 Å². The molecule has 1 rings (SSSR count). The number of nitrogen functional groups attached to an aromatic ring is 1. The number of anilines is 2. The average molecular weight is 292 g/mol. The van der Waals surface area contributed by atoms with Gasteiger partial charge in [-0.25, -0.2) is 4.98 Å². The molecular formula is C12H19Cl2N3O. The van der Waals surface area contributed by atoms with Crippen LogP contribution in [0.2, 0.25) is 10.0 Å². The minimum atomic E-state index is 0.294. The lowest BCUT2D eigenvalue weighted by atomic mass is 10.2. The maximum absolute atomic E-state index is 6.17. The van der Waals surface area contributed by atoms with Crippen LogP contribution in [0.4, 0.5) is 11.6 Å². The van der Waals surface area contributed by atoms with Crippen LogP contribution in [0.5, 0.6) is 0 Å². The molecule has 0 fully saturated rings. The summed E-state index contributed by atoms with van der Waals surface area (Å²) in [4.78, 5) is 6.32. The van der Waals surface area contributed by atoms with Gasteiger partial charge in [0.1, 0.15) is 11.6 Å². The van der Waals surface area contributed by atoms with Gasteiger partial charge in [0.05, 0.1) is 16.7 Å². The third kappa shape index (κ3) is 4.19. The van der Waals surface area contributed by atoms with Crippen LogP contribution in [-0.4, -0.2) is 31.8 Å². The van der Waals surface area contributed by atoms with E-state index >= 15 is 0 Å². The number of halogens is 2. The van der Waals surface area contributed by atoms with Crippen molar-refractivity contribution in [2.24, 2.45) is 5.92 Å².